The summed E-state index contributed by atoms with van der Waals surface area (Å²) in [6.07, 6.45) is 0.492. The summed E-state index contributed by atoms with van der Waals surface area (Å²) >= 11 is 5.26. The standard InChI is InChI=1S/C14H22N2O5S/c1-8-6-16(13(22)15-11(8)17)12-14(2,20-5)10(19-4)9(21-12)7-18-3/h6,9-10,12H,7H2,1-5H3,(H,15,17,22)/t9-,10?,12-,14?/m1/s1. The van der Waals surface area contributed by atoms with Crippen molar-refractivity contribution < 1.29 is 18.9 Å². The Bertz CT molecular complexity index is 643. The number of aromatic nitrogens is 2. The van der Waals surface area contributed by atoms with E-state index in [2.05, 4.69) is 4.98 Å². The van der Waals surface area contributed by atoms with E-state index < -0.39 is 11.8 Å². The highest BCUT2D eigenvalue weighted by atomic mass is 32.1. The maximum Gasteiger partial charge on any atom is 0.254 e. The van der Waals surface area contributed by atoms with E-state index in [9.17, 15) is 4.79 Å². The minimum absolute atomic E-state index is 0.213. The lowest BCUT2D eigenvalue weighted by atomic mass is 9.96. The van der Waals surface area contributed by atoms with Crippen LogP contribution in [0.3, 0.4) is 0 Å². The molecule has 4 atom stereocenters. The molecule has 124 valence electrons. The Morgan fingerprint density at radius 2 is 2.14 bits per heavy atom. The van der Waals surface area contributed by atoms with Crippen molar-refractivity contribution in [1.82, 2.24) is 9.55 Å². The van der Waals surface area contributed by atoms with Crippen molar-refractivity contribution in [2.45, 2.75) is 37.9 Å². The highest BCUT2D eigenvalue weighted by Gasteiger charge is 2.55. The fraction of sp³-hybridized carbons (Fsp3) is 0.714. The summed E-state index contributed by atoms with van der Waals surface area (Å²) in [5.41, 5.74) is -0.448. The van der Waals surface area contributed by atoms with Crippen LogP contribution in [0.5, 0.6) is 0 Å². The molecule has 1 aliphatic heterocycles. The molecule has 1 saturated heterocycles. The summed E-state index contributed by atoms with van der Waals surface area (Å²) < 4.78 is 24.5. The van der Waals surface area contributed by atoms with Gasteiger partial charge >= 0.3 is 0 Å². The highest BCUT2D eigenvalue weighted by Crippen LogP contribution is 2.42. The SMILES string of the molecule is COC[C@H]1O[C@@H](n2cc(C)c(=O)[nH]c2=S)C(C)(OC)C1OC. The maximum atomic E-state index is 11.7. The third-order valence-corrected chi connectivity index (χ3v) is 4.43. The number of hydrogen-bond acceptors (Lipinski definition) is 6. The Kier molecular flexibility index (Phi) is 5.18. The average Bonchev–Trinajstić information content (AvgIpc) is 2.76. The van der Waals surface area contributed by atoms with Crippen LogP contribution in [0.4, 0.5) is 0 Å². The Labute approximate surface area is 134 Å². The van der Waals surface area contributed by atoms with Gasteiger partial charge in [-0.25, -0.2) is 0 Å². The van der Waals surface area contributed by atoms with E-state index in [1.807, 2.05) is 6.92 Å². The molecule has 2 heterocycles. The van der Waals surface area contributed by atoms with E-state index in [0.717, 1.165) is 0 Å². The van der Waals surface area contributed by atoms with Crippen LogP contribution in [0.15, 0.2) is 11.0 Å². The van der Waals surface area contributed by atoms with Crippen molar-refractivity contribution in [3.8, 4) is 0 Å². The molecule has 0 spiro atoms. The molecule has 2 unspecified atom stereocenters. The highest BCUT2D eigenvalue weighted by molar-refractivity contribution is 7.71. The van der Waals surface area contributed by atoms with Gasteiger partial charge in [-0.05, 0) is 26.1 Å². The fourth-order valence-electron chi connectivity index (χ4n) is 2.88. The number of rotatable bonds is 5. The van der Waals surface area contributed by atoms with Crippen LogP contribution >= 0.6 is 12.2 Å². The van der Waals surface area contributed by atoms with E-state index in [1.165, 1.54) is 0 Å². The fourth-order valence-corrected chi connectivity index (χ4v) is 3.12. The summed E-state index contributed by atoms with van der Waals surface area (Å²) in [6, 6.07) is 0. The van der Waals surface area contributed by atoms with Crippen molar-refractivity contribution in [2.24, 2.45) is 0 Å². The zero-order valence-electron chi connectivity index (χ0n) is 13.4. The maximum absolute atomic E-state index is 11.7. The minimum Gasteiger partial charge on any atom is -0.382 e. The number of ether oxygens (including phenoxy) is 4. The van der Waals surface area contributed by atoms with Crippen LogP contribution in [0.2, 0.25) is 0 Å². The van der Waals surface area contributed by atoms with Crippen molar-refractivity contribution >= 4 is 12.2 Å². The molecule has 0 amide bonds. The molecule has 2 rings (SSSR count). The van der Waals surface area contributed by atoms with Gasteiger partial charge in [-0.15, -0.1) is 0 Å². The molecule has 1 aromatic rings. The van der Waals surface area contributed by atoms with Crippen molar-refractivity contribution in [2.75, 3.05) is 27.9 Å². The zero-order chi connectivity index (χ0) is 16.5. The van der Waals surface area contributed by atoms with Crippen LogP contribution in [-0.4, -0.2) is 55.3 Å². The second-order valence-electron chi connectivity index (χ2n) is 5.51. The Morgan fingerprint density at radius 3 is 2.68 bits per heavy atom. The predicted octanol–water partition coefficient (Wildman–Crippen LogP) is 1.18. The molecule has 0 bridgehead atoms. The lowest BCUT2D eigenvalue weighted by molar-refractivity contribution is -0.127. The largest absolute Gasteiger partial charge is 0.382 e. The Hall–Kier alpha value is -1.06. The van der Waals surface area contributed by atoms with E-state index in [1.54, 1.807) is 39.0 Å². The molecule has 0 aromatic carbocycles. The molecule has 0 aliphatic carbocycles. The summed E-state index contributed by atoms with van der Waals surface area (Å²) in [5, 5.41) is 0. The Balaban J connectivity index is 2.52. The van der Waals surface area contributed by atoms with Gasteiger partial charge in [0.25, 0.3) is 5.56 Å². The molecule has 22 heavy (non-hydrogen) atoms. The van der Waals surface area contributed by atoms with Crippen LogP contribution in [0, 0.1) is 11.7 Å². The summed E-state index contributed by atoms with van der Waals surface area (Å²) in [5.74, 6) is 0. The zero-order valence-corrected chi connectivity index (χ0v) is 14.2. The van der Waals surface area contributed by atoms with E-state index in [4.69, 9.17) is 31.2 Å². The van der Waals surface area contributed by atoms with Gasteiger partial charge in [0, 0.05) is 33.1 Å². The van der Waals surface area contributed by atoms with Gasteiger partial charge < -0.3 is 18.9 Å². The summed E-state index contributed by atoms with van der Waals surface area (Å²) in [4.78, 5) is 14.3. The van der Waals surface area contributed by atoms with Gasteiger partial charge in [0.05, 0.1) is 6.61 Å². The van der Waals surface area contributed by atoms with Crippen LogP contribution < -0.4 is 5.56 Å². The number of methoxy groups -OCH3 is 3. The average molecular weight is 330 g/mol. The van der Waals surface area contributed by atoms with Gasteiger partial charge in [-0.1, -0.05) is 0 Å². The first-order valence-electron chi connectivity index (χ1n) is 6.93. The number of nitrogens with one attached hydrogen (secondary N) is 1. The van der Waals surface area contributed by atoms with Crippen molar-refractivity contribution in [3.05, 3.63) is 26.9 Å². The molecule has 1 aliphatic rings. The van der Waals surface area contributed by atoms with Gasteiger partial charge in [0.15, 0.2) is 11.0 Å². The van der Waals surface area contributed by atoms with Gasteiger partial charge in [0.2, 0.25) is 0 Å². The first-order valence-corrected chi connectivity index (χ1v) is 7.34. The minimum atomic E-state index is -0.777. The summed E-state index contributed by atoms with van der Waals surface area (Å²) in [7, 11) is 4.80. The number of H-pyrrole nitrogens is 1. The number of nitrogens with zero attached hydrogens (tertiary/aromatic N) is 1. The molecule has 1 N–H and O–H groups in total. The van der Waals surface area contributed by atoms with Gasteiger partial charge in [-0.2, -0.15) is 0 Å². The summed E-state index contributed by atoms with van der Waals surface area (Å²) in [6.45, 7) is 3.97. The normalized spacial score (nSPS) is 31.6. The molecule has 1 fully saturated rings. The van der Waals surface area contributed by atoms with Crippen LogP contribution in [-0.2, 0) is 18.9 Å². The van der Waals surface area contributed by atoms with E-state index in [0.29, 0.717) is 12.2 Å². The number of aromatic amines is 1. The lowest BCUT2D eigenvalue weighted by Gasteiger charge is -2.33. The first-order chi connectivity index (χ1) is 10.4. The number of aryl methyl sites for hydroxylation is 1. The van der Waals surface area contributed by atoms with E-state index >= 15 is 0 Å². The molecule has 0 saturated carbocycles. The molecule has 1 aromatic heterocycles. The van der Waals surface area contributed by atoms with Gasteiger partial charge in [0.1, 0.15) is 17.8 Å². The topological polar surface area (TPSA) is 74.7 Å². The van der Waals surface area contributed by atoms with Crippen molar-refractivity contribution in [3.63, 3.8) is 0 Å². The second kappa shape index (κ2) is 6.59. The van der Waals surface area contributed by atoms with Gasteiger partial charge in [-0.3, -0.25) is 14.3 Å². The quantitative estimate of drug-likeness (QED) is 0.817. The third kappa shape index (κ3) is 2.77. The van der Waals surface area contributed by atoms with Crippen LogP contribution in [0.25, 0.3) is 0 Å². The van der Waals surface area contributed by atoms with Crippen molar-refractivity contribution in [1.29, 1.82) is 0 Å². The smallest absolute Gasteiger partial charge is 0.254 e. The number of hydrogen-bond donors (Lipinski definition) is 1. The Morgan fingerprint density at radius 1 is 1.45 bits per heavy atom. The molecule has 7 nitrogen and oxygen atoms in total. The third-order valence-electron chi connectivity index (χ3n) is 4.12. The lowest BCUT2D eigenvalue weighted by Crippen LogP contribution is -2.47. The monoisotopic (exact) mass is 330 g/mol. The van der Waals surface area contributed by atoms with E-state index in [-0.39, 0.29) is 22.5 Å². The molecule has 0 radical (unpaired) electrons. The molecular formula is C14H22N2O5S. The predicted molar refractivity (Wildman–Crippen MR) is 82.6 cm³/mol. The molecular weight excluding hydrogens is 308 g/mol. The second-order valence-corrected chi connectivity index (χ2v) is 5.89. The van der Waals surface area contributed by atoms with Crippen LogP contribution in [0.1, 0.15) is 18.7 Å². The first kappa shape index (κ1) is 17.3. The molecule has 8 heteroatoms.